The Kier molecular flexibility index (Phi) is 3.70. The smallest absolute Gasteiger partial charge is 0.256 e. The van der Waals surface area contributed by atoms with Gasteiger partial charge in [-0.05, 0) is 30.3 Å². The summed E-state index contributed by atoms with van der Waals surface area (Å²) in [7, 11) is 3.13. The molecule has 0 aliphatic carbocycles. The maximum Gasteiger partial charge on any atom is 0.256 e. The number of aromatic amines is 1. The molecule has 0 atom stereocenters. The second kappa shape index (κ2) is 5.81. The van der Waals surface area contributed by atoms with E-state index in [1.165, 1.54) is 0 Å². The first-order chi connectivity index (χ1) is 10.7. The Balaban J connectivity index is 1.90. The average Bonchev–Trinajstić information content (AvgIpc) is 3.03. The number of H-pyrrole nitrogens is 1. The van der Waals surface area contributed by atoms with Crippen molar-refractivity contribution in [2.75, 3.05) is 19.5 Å². The molecule has 5 nitrogen and oxygen atoms in total. The highest BCUT2D eigenvalue weighted by Crippen LogP contribution is 2.30. The first kappa shape index (κ1) is 14.0. The third-order valence-electron chi connectivity index (χ3n) is 3.48. The summed E-state index contributed by atoms with van der Waals surface area (Å²) in [5.41, 5.74) is 2.20. The van der Waals surface area contributed by atoms with Crippen molar-refractivity contribution < 1.29 is 14.3 Å². The number of ether oxygens (including phenoxy) is 2. The number of aromatic nitrogens is 1. The minimum Gasteiger partial charge on any atom is -0.493 e. The van der Waals surface area contributed by atoms with Gasteiger partial charge in [0.1, 0.15) is 0 Å². The number of carbonyl (C=O) groups is 1. The fourth-order valence-electron chi connectivity index (χ4n) is 2.40. The molecule has 0 aliphatic rings. The van der Waals surface area contributed by atoms with Crippen molar-refractivity contribution in [2.45, 2.75) is 0 Å². The summed E-state index contributed by atoms with van der Waals surface area (Å²) in [4.78, 5) is 15.6. The van der Waals surface area contributed by atoms with E-state index in [-0.39, 0.29) is 5.91 Å². The van der Waals surface area contributed by atoms with Crippen molar-refractivity contribution in [1.29, 1.82) is 0 Å². The van der Waals surface area contributed by atoms with Crippen LogP contribution in [0.3, 0.4) is 0 Å². The number of benzene rings is 2. The molecule has 1 aromatic heterocycles. The van der Waals surface area contributed by atoms with Crippen LogP contribution >= 0.6 is 0 Å². The fraction of sp³-hybridized carbons (Fsp3) is 0.118. The van der Waals surface area contributed by atoms with Crippen LogP contribution in [0.4, 0.5) is 5.69 Å². The number of rotatable bonds is 4. The van der Waals surface area contributed by atoms with Gasteiger partial charge in [-0.15, -0.1) is 0 Å². The Bertz CT molecular complexity index is 824. The molecule has 0 aliphatic heterocycles. The van der Waals surface area contributed by atoms with Crippen LogP contribution in [-0.2, 0) is 0 Å². The van der Waals surface area contributed by atoms with E-state index in [0.717, 1.165) is 10.9 Å². The molecule has 2 aromatic carbocycles. The van der Waals surface area contributed by atoms with E-state index in [1.54, 1.807) is 38.5 Å². The lowest BCUT2D eigenvalue weighted by Gasteiger charge is -2.11. The highest BCUT2D eigenvalue weighted by atomic mass is 16.5. The number of methoxy groups -OCH3 is 2. The average molecular weight is 296 g/mol. The summed E-state index contributed by atoms with van der Waals surface area (Å²) >= 11 is 0. The molecule has 0 fully saturated rings. The minimum absolute atomic E-state index is 0.169. The molecule has 0 bridgehead atoms. The first-order valence-corrected chi connectivity index (χ1v) is 6.82. The second-order valence-electron chi connectivity index (χ2n) is 4.77. The van der Waals surface area contributed by atoms with Gasteiger partial charge >= 0.3 is 0 Å². The molecular weight excluding hydrogens is 280 g/mol. The van der Waals surface area contributed by atoms with Gasteiger partial charge in [-0.25, -0.2) is 0 Å². The number of nitrogens with one attached hydrogen (secondary N) is 2. The Morgan fingerprint density at radius 3 is 2.64 bits per heavy atom. The predicted molar refractivity (Wildman–Crippen MR) is 85.8 cm³/mol. The number of anilines is 1. The Labute approximate surface area is 127 Å². The third kappa shape index (κ3) is 2.48. The number of amides is 1. The van der Waals surface area contributed by atoms with Gasteiger partial charge in [0.15, 0.2) is 11.5 Å². The first-order valence-electron chi connectivity index (χ1n) is 6.82. The summed E-state index contributed by atoms with van der Waals surface area (Å²) < 4.78 is 10.4. The second-order valence-corrected chi connectivity index (χ2v) is 4.77. The monoisotopic (exact) mass is 296 g/mol. The summed E-state index contributed by atoms with van der Waals surface area (Å²) in [6.45, 7) is 0. The van der Waals surface area contributed by atoms with Gasteiger partial charge in [-0.1, -0.05) is 6.07 Å². The molecule has 0 radical (unpaired) electrons. The largest absolute Gasteiger partial charge is 0.493 e. The molecule has 0 unspecified atom stereocenters. The van der Waals surface area contributed by atoms with Gasteiger partial charge in [0.25, 0.3) is 5.91 Å². The molecule has 0 saturated heterocycles. The fourth-order valence-corrected chi connectivity index (χ4v) is 2.40. The van der Waals surface area contributed by atoms with E-state index in [4.69, 9.17) is 9.47 Å². The zero-order chi connectivity index (χ0) is 15.5. The zero-order valence-electron chi connectivity index (χ0n) is 12.3. The molecule has 2 N–H and O–H groups in total. The third-order valence-corrected chi connectivity index (χ3v) is 3.48. The molecule has 3 aromatic rings. The SMILES string of the molecule is COc1ccc(NC(=O)c2cccc3[nH]ccc23)cc1OC. The Morgan fingerprint density at radius 2 is 1.86 bits per heavy atom. The van der Waals surface area contributed by atoms with Crippen molar-refractivity contribution in [2.24, 2.45) is 0 Å². The quantitative estimate of drug-likeness (QED) is 0.775. The molecule has 0 spiro atoms. The van der Waals surface area contributed by atoms with Crippen LogP contribution in [0.5, 0.6) is 11.5 Å². The lowest BCUT2D eigenvalue weighted by atomic mass is 10.1. The van der Waals surface area contributed by atoms with Gasteiger partial charge in [0.2, 0.25) is 0 Å². The van der Waals surface area contributed by atoms with Crippen LogP contribution in [0.2, 0.25) is 0 Å². The van der Waals surface area contributed by atoms with Gasteiger partial charge in [-0.3, -0.25) is 4.79 Å². The van der Waals surface area contributed by atoms with Gasteiger partial charge in [0, 0.05) is 34.4 Å². The van der Waals surface area contributed by atoms with E-state index >= 15 is 0 Å². The maximum atomic E-state index is 12.5. The summed E-state index contributed by atoms with van der Waals surface area (Å²) in [6, 6.07) is 12.7. The van der Waals surface area contributed by atoms with Crippen LogP contribution in [0.1, 0.15) is 10.4 Å². The van der Waals surface area contributed by atoms with E-state index in [9.17, 15) is 4.79 Å². The lowest BCUT2D eigenvalue weighted by Crippen LogP contribution is -2.12. The van der Waals surface area contributed by atoms with Gasteiger partial charge in [-0.2, -0.15) is 0 Å². The van der Waals surface area contributed by atoms with Gasteiger partial charge < -0.3 is 19.8 Å². The van der Waals surface area contributed by atoms with E-state index in [1.807, 2.05) is 24.4 Å². The van der Waals surface area contributed by atoms with Crippen LogP contribution < -0.4 is 14.8 Å². The van der Waals surface area contributed by atoms with Crippen LogP contribution in [0.25, 0.3) is 10.9 Å². The van der Waals surface area contributed by atoms with Crippen molar-refractivity contribution in [3.8, 4) is 11.5 Å². The summed E-state index contributed by atoms with van der Waals surface area (Å²) in [5, 5.41) is 3.77. The number of hydrogen-bond donors (Lipinski definition) is 2. The molecule has 5 heteroatoms. The molecule has 1 heterocycles. The molecule has 3 rings (SSSR count). The topological polar surface area (TPSA) is 63.3 Å². The molecular formula is C17H16N2O3. The minimum atomic E-state index is -0.169. The van der Waals surface area contributed by atoms with Gasteiger partial charge in [0.05, 0.1) is 14.2 Å². The van der Waals surface area contributed by atoms with E-state index in [0.29, 0.717) is 22.7 Å². The Morgan fingerprint density at radius 1 is 1.05 bits per heavy atom. The van der Waals surface area contributed by atoms with Crippen molar-refractivity contribution in [3.05, 3.63) is 54.2 Å². The highest BCUT2D eigenvalue weighted by molar-refractivity contribution is 6.12. The van der Waals surface area contributed by atoms with E-state index in [2.05, 4.69) is 10.3 Å². The van der Waals surface area contributed by atoms with Crippen LogP contribution in [-0.4, -0.2) is 25.1 Å². The normalized spacial score (nSPS) is 10.5. The number of hydrogen-bond acceptors (Lipinski definition) is 3. The molecule has 112 valence electrons. The molecule has 1 amide bonds. The highest BCUT2D eigenvalue weighted by Gasteiger charge is 2.12. The molecule has 22 heavy (non-hydrogen) atoms. The summed E-state index contributed by atoms with van der Waals surface area (Å²) in [6.07, 6.45) is 1.82. The predicted octanol–water partition coefficient (Wildman–Crippen LogP) is 3.44. The van der Waals surface area contributed by atoms with Crippen molar-refractivity contribution in [3.63, 3.8) is 0 Å². The molecule has 0 saturated carbocycles. The number of carbonyl (C=O) groups excluding carboxylic acids is 1. The maximum absolute atomic E-state index is 12.5. The standard InChI is InChI=1S/C17H16N2O3/c1-21-15-7-6-11(10-16(15)22-2)19-17(20)13-4-3-5-14-12(13)8-9-18-14/h3-10,18H,1-2H3,(H,19,20). The zero-order valence-corrected chi connectivity index (χ0v) is 12.3. The summed E-state index contributed by atoms with van der Waals surface area (Å²) in [5.74, 6) is 1.02. The lowest BCUT2D eigenvalue weighted by molar-refractivity contribution is 0.102. The van der Waals surface area contributed by atoms with Crippen LogP contribution in [0.15, 0.2) is 48.7 Å². The Hall–Kier alpha value is -2.95. The van der Waals surface area contributed by atoms with Crippen molar-refractivity contribution in [1.82, 2.24) is 4.98 Å². The van der Waals surface area contributed by atoms with Crippen molar-refractivity contribution >= 4 is 22.5 Å². The number of fused-ring (bicyclic) bond motifs is 1. The van der Waals surface area contributed by atoms with Crippen LogP contribution in [0, 0.1) is 0 Å². The van der Waals surface area contributed by atoms with E-state index < -0.39 is 0 Å².